The maximum absolute atomic E-state index is 13.5. The third kappa shape index (κ3) is 7.08. The quantitative estimate of drug-likeness (QED) is 0.190. The highest BCUT2D eigenvalue weighted by molar-refractivity contribution is 9.10. The highest BCUT2D eigenvalue weighted by Gasteiger charge is 2.27. The Kier molecular flexibility index (Phi) is 8.93. The first-order valence-corrected chi connectivity index (χ1v) is 14.0. The van der Waals surface area contributed by atoms with Gasteiger partial charge in [0.25, 0.3) is 15.9 Å². The van der Waals surface area contributed by atoms with Crippen LogP contribution < -0.4 is 14.5 Å². The molecular weight excluding hydrogens is 566 g/mol. The number of anilines is 1. The van der Waals surface area contributed by atoms with Gasteiger partial charge in [0.05, 0.1) is 16.8 Å². The van der Waals surface area contributed by atoms with Crippen molar-refractivity contribution >= 4 is 43.8 Å². The molecule has 0 aliphatic carbocycles. The number of benzene rings is 4. The van der Waals surface area contributed by atoms with Crippen LogP contribution in [0.2, 0.25) is 0 Å². The lowest BCUT2D eigenvalue weighted by Gasteiger charge is -2.24. The molecular formula is C29H26BrN3O4S. The maximum Gasteiger partial charge on any atom is 0.264 e. The van der Waals surface area contributed by atoms with Crippen molar-refractivity contribution in [1.29, 1.82) is 0 Å². The van der Waals surface area contributed by atoms with Gasteiger partial charge < -0.3 is 4.74 Å². The molecule has 0 heterocycles. The molecule has 0 bridgehead atoms. The third-order valence-corrected chi connectivity index (χ3v) is 7.82. The first-order chi connectivity index (χ1) is 18.3. The van der Waals surface area contributed by atoms with Crippen LogP contribution in [0, 0.1) is 6.92 Å². The van der Waals surface area contributed by atoms with Gasteiger partial charge in [-0.3, -0.25) is 9.10 Å². The van der Waals surface area contributed by atoms with Crippen molar-refractivity contribution in [2.45, 2.75) is 18.4 Å². The SMILES string of the molecule is Cc1ccc(S(=O)(=O)N(CC(=O)N/N=C\c2ccccc2OCc2ccccc2)c2cccc(Br)c2)cc1. The number of nitrogens with one attached hydrogen (secondary N) is 1. The third-order valence-electron chi connectivity index (χ3n) is 5.54. The predicted octanol–water partition coefficient (Wildman–Crippen LogP) is 5.68. The molecule has 0 unspecified atom stereocenters. The fourth-order valence-corrected chi connectivity index (χ4v) is 5.38. The van der Waals surface area contributed by atoms with Crippen LogP contribution in [-0.2, 0) is 21.4 Å². The van der Waals surface area contributed by atoms with Crippen LogP contribution in [0.1, 0.15) is 16.7 Å². The van der Waals surface area contributed by atoms with Crippen LogP contribution in [0.5, 0.6) is 5.75 Å². The van der Waals surface area contributed by atoms with Crippen LogP contribution in [0.25, 0.3) is 0 Å². The lowest BCUT2D eigenvalue weighted by Crippen LogP contribution is -2.39. The second-order valence-corrected chi connectivity index (χ2v) is 11.2. The number of sulfonamides is 1. The number of amides is 1. The van der Waals surface area contributed by atoms with Crippen LogP contribution in [0.15, 0.2) is 118 Å². The summed E-state index contributed by atoms with van der Waals surface area (Å²) in [6, 6.07) is 30.3. The molecule has 4 aromatic carbocycles. The van der Waals surface area contributed by atoms with Crippen molar-refractivity contribution in [1.82, 2.24) is 5.43 Å². The van der Waals surface area contributed by atoms with Crippen molar-refractivity contribution < 1.29 is 17.9 Å². The Morgan fingerprint density at radius 3 is 2.39 bits per heavy atom. The summed E-state index contributed by atoms with van der Waals surface area (Å²) < 4.78 is 34.7. The van der Waals surface area contributed by atoms with Crippen LogP contribution in [-0.4, -0.2) is 27.1 Å². The second kappa shape index (κ2) is 12.5. The molecule has 7 nitrogen and oxygen atoms in total. The van der Waals surface area contributed by atoms with Gasteiger partial charge in [-0.05, 0) is 55.0 Å². The zero-order valence-corrected chi connectivity index (χ0v) is 23.0. The molecule has 9 heteroatoms. The van der Waals surface area contributed by atoms with Crippen molar-refractivity contribution in [2.75, 3.05) is 10.8 Å². The summed E-state index contributed by atoms with van der Waals surface area (Å²) in [4.78, 5) is 12.9. The Morgan fingerprint density at radius 1 is 0.947 bits per heavy atom. The summed E-state index contributed by atoms with van der Waals surface area (Å²) in [5.74, 6) is 0.00617. The van der Waals surface area contributed by atoms with Crippen molar-refractivity contribution in [3.63, 3.8) is 0 Å². The van der Waals surface area contributed by atoms with Gasteiger partial charge in [-0.2, -0.15) is 5.10 Å². The number of nitrogens with zero attached hydrogens (tertiary/aromatic N) is 2. The number of hydrazone groups is 1. The van der Waals surface area contributed by atoms with Gasteiger partial charge in [0.15, 0.2) is 0 Å². The molecule has 0 fully saturated rings. The summed E-state index contributed by atoms with van der Waals surface area (Å²) >= 11 is 3.37. The molecule has 0 spiro atoms. The molecule has 1 amide bonds. The van der Waals surface area contributed by atoms with E-state index in [0.717, 1.165) is 15.4 Å². The van der Waals surface area contributed by atoms with Gasteiger partial charge >= 0.3 is 0 Å². The minimum absolute atomic E-state index is 0.0869. The van der Waals surface area contributed by atoms with E-state index in [-0.39, 0.29) is 4.90 Å². The summed E-state index contributed by atoms with van der Waals surface area (Å²) in [5, 5.41) is 4.05. The number of carbonyl (C=O) groups is 1. The van der Waals surface area contributed by atoms with Gasteiger partial charge in [-0.25, -0.2) is 13.8 Å². The molecule has 194 valence electrons. The van der Waals surface area contributed by atoms with Crippen LogP contribution in [0.4, 0.5) is 5.69 Å². The van der Waals surface area contributed by atoms with E-state index < -0.39 is 22.5 Å². The molecule has 0 radical (unpaired) electrons. The molecule has 0 saturated carbocycles. The number of aryl methyl sites for hydroxylation is 1. The predicted molar refractivity (Wildman–Crippen MR) is 153 cm³/mol. The fourth-order valence-electron chi connectivity index (χ4n) is 3.58. The Hall–Kier alpha value is -3.95. The van der Waals surface area contributed by atoms with E-state index in [4.69, 9.17) is 4.74 Å². The average Bonchev–Trinajstić information content (AvgIpc) is 2.92. The molecule has 0 atom stereocenters. The van der Waals surface area contributed by atoms with Crippen molar-refractivity contribution in [3.8, 4) is 5.75 Å². The molecule has 4 aromatic rings. The Labute approximate surface area is 231 Å². The number of rotatable bonds is 10. The summed E-state index contributed by atoms with van der Waals surface area (Å²) in [7, 11) is -4.02. The molecule has 0 aromatic heterocycles. The summed E-state index contributed by atoms with van der Waals surface area (Å²) in [5.41, 5.74) is 5.40. The lowest BCUT2D eigenvalue weighted by atomic mass is 10.2. The average molecular weight is 593 g/mol. The minimum atomic E-state index is -4.02. The number of para-hydroxylation sites is 1. The highest BCUT2D eigenvalue weighted by Crippen LogP contribution is 2.26. The van der Waals surface area contributed by atoms with Crippen molar-refractivity contribution in [3.05, 3.63) is 124 Å². The first kappa shape index (κ1) is 27.1. The largest absolute Gasteiger partial charge is 0.488 e. The maximum atomic E-state index is 13.5. The number of halogens is 1. The zero-order chi connectivity index (χ0) is 27.0. The smallest absolute Gasteiger partial charge is 0.264 e. The Balaban J connectivity index is 1.49. The van der Waals surface area contributed by atoms with E-state index in [1.807, 2.05) is 61.5 Å². The molecule has 0 aliphatic rings. The summed E-state index contributed by atoms with van der Waals surface area (Å²) in [6.07, 6.45) is 1.47. The van der Waals surface area contributed by atoms with Crippen LogP contribution >= 0.6 is 15.9 Å². The molecule has 0 aliphatic heterocycles. The molecule has 0 saturated heterocycles. The summed E-state index contributed by atoms with van der Waals surface area (Å²) in [6.45, 7) is 1.80. The second-order valence-electron chi connectivity index (χ2n) is 8.41. The molecule has 38 heavy (non-hydrogen) atoms. The number of hydrogen-bond acceptors (Lipinski definition) is 5. The van der Waals surface area contributed by atoms with Crippen LogP contribution in [0.3, 0.4) is 0 Å². The van der Waals surface area contributed by atoms with Gasteiger partial charge in [0, 0.05) is 10.0 Å². The van der Waals surface area contributed by atoms with E-state index in [2.05, 4.69) is 26.5 Å². The topological polar surface area (TPSA) is 88.1 Å². The van der Waals surface area contributed by atoms with E-state index >= 15 is 0 Å². The highest BCUT2D eigenvalue weighted by atomic mass is 79.9. The van der Waals surface area contributed by atoms with Gasteiger partial charge in [0.1, 0.15) is 18.9 Å². The van der Waals surface area contributed by atoms with E-state index in [1.54, 1.807) is 36.4 Å². The monoisotopic (exact) mass is 591 g/mol. The number of hydrogen-bond donors (Lipinski definition) is 1. The first-order valence-electron chi connectivity index (χ1n) is 11.8. The number of carbonyl (C=O) groups excluding carboxylic acids is 1. The van der Waals surface area contributed by atoms with E-state index in [0.29, 0.717) is 28.1 Å². The lowest BCUT2D eigenvalue weighted by molar-refractivity contribution is -0.119. The van der Waals surface area contributed by atoms with Gasteiger partial charge in [0.2, 0.25) is 0 Å². The fraction of sp³-hybridized carbons (Fsp3) is 0.103. The standard InChI is InChI=1S/C29H26BrN3O4S/c1-22-14-16-27(17-15-22)38(35,36)33(26-12-7-11-25(30)18-26)20-29(34)32-31-19-24-10-5-6-13-28(24)37-21-23-8-3-2-4-9-23/h2-19H,20-21H2,1H3,(H,32,34)/b31-19-. The molecule has 4 rings (SSSR count). The number of ether oxygens (including phenoxy) is 1. The zero-order valence-electron chi connectivity index (χ0n) is 20.6. The van der Waals surface area contributed by atoms with Crippen molar-refractivity contribution in [2.24, 2.45) is 5.10 Å². The van der Waals surface area contributed by atoms with Gasteiger partial charge in [-0.1, -0.05) is 82.2 Å². The normalized spacial score (nSPS) is 11.3. The Morgan fingerprint density at radius 2 is 1.66 bits per heavy atom. The minimum Gasteiger partial charge on any atom is -0.488 e. The Bertz CT molecular complexity index is 1530. The van der Waals surface area contributed by atoms with Gasteiger partial charge in [-0.15, -0.1) is 0 Å². The molecule has 1 N–H and O–H groups in total. The van der Waals surface area contributed by atoms with E-state index in [1.165, 1.54) is 18.3 Å². The van der Waals surface area contributed by atoms with E-state index in [9.17, 15) is 13.2 Å².